The van der Waals surface area contributed by atoms with E-state index in [4.69, 9.17) is 0 Å². The second-order valence-corrected chi connectivity index (χ2v) is 8.06. The van der Waals surface area contributed by atoms with Gasteiger partial charge in [-0.15, -0.1) is 11.3 Å². The standard InChI is InChI=1S/C22H25N5O2S/c1-24-21(28)18-14-30-20(19(18)25-15-27-10-6-3-7-11-27)22(29)26(2)13-17-9-5-4-8-16(17)12-23/h4-5,8-9,14-15H,3,6-7,10-11,13H2,1-2H3,(H,24,28). The molecule has 2 amide bonds. The summed E-state index contributed by atoms with van der Waals surface area (Å²) in [7, 11) is 3.25. The molecular formula is C22H25N5O2S. The lowest BCUT2D eigenvalue weighted by Crippen LogP contribution is -2.28. The van der Waals surface area contributed by atoms with E-state index >= 15 is 0 Å². The number of thiophene rings is 1. The molecule has 7 nitrogen and oxygen atoms in total. The maximum absolute atomic E-state index is 13.2. The Morgan fingerprint density at radius 3 is 2.73 bits per heavy atom. The van der Waals surface area contributed by atoms with E-state index in [1.54, 1.807) is 42.8 Å². The van der Waals surface area contributed by atoms with Crippen LogP contribution in [-0.4, -0.2) is 55.1 Å². The van der Waals surface area contributed by atoms with Gasteiger partial charge in [-0.3, -0.25) is 9.59 Å². The summed E-state index contributed by atoms with van der Waals surface area (Å²) >= 11 is 1.21. The Kier molecular flexibility index (Phi) is 7.20. The van der Waals surface area contributed by atoms with Crippen molar-refractivity contribution in [2.75, 3.05) is 27.2 Å². The highest BCUT2D eigenvalue weighted by Gasteiger charge is 2.24. The monoisotopic (exact) mass is 423 g/mol. The highest BCUT2D eigenvalue weighted by molar-refractivity contribution is 7.13. The predicted octanol–water partition coefficient (Wildman–Crippen LogP) is 3.40. The van der Waals surface area contributed by atoms with Gasteiger partial charge in [-0.1, -0.05) is 18.2 Å². The molecule has 1 N–H and O–H groups in total. The van der Waals surface area contributed by atoms with E-state index in [1.807, 2.05) is 12.1 Å². The van der Waals surface area contributed by atoms with E-state index in [0.717, 1.165) is 31.5 Å². The molecule has 1 aliphatic heterocycles. The third-order valence-corrected chi connectivity index (χ3v) is 6.02. The molecule has 30 heavy (non-hydrogen) atoms. The molecule has 2 aromatic rings. The summed E-state index contributed by atoms with van der Waals surface area (Å²) in [5, 5.41) is 13.6. The number of hydrogen-bond donors (Lipinski definition) is 1. The number of benzene rings is 1. The normalized spacial score (nSPS) is 13.8. The lowest BCUT2D eigenvalue weighted by molar-refractivity contribution is 0.0790. The van der Waals surface area contributed by atoms with Crippen LogP contribution in [0.3, 0.4) is 0 Å². The van der Waals surface area contributed by atoms with E-state index < -0.39 is 0 Å². The minimum absolute atomic E-state index is 0.228. The Morgan fingerprint density at radius 2 is 2.03 bits per heavy atom. The van der Waals surface area contributed by atoms with Crippen molar-refractivity contribution >= 4 is 35.2 Å². The van der Waals surface area contributed by atoms with Crippen molar-refractivity contribution in [1.29, 1.82) is 5.26 Å². The van der Waals surface area contributed by atoms with Crippen LogP contribution in [0, 0.1) is 11.3 Å². The topological polar surface area (TPSA) is 88.8 Å². The first-order chi connectivity index (χ1) is 14.5. The average molecular weight is 424 g/mol. The molecular weight excluding hydrogens is 398 g/mol. The fourth-order valence-corrected chi connectivity index (χ4v) is 4.35. The van der Waals surface area contributed by atoms with Gasteiger partial charge in [0.2, 0.25) is 0 Å². The van der Waals surface area contributed by atoms with Crippen molar-refractivity contribution in [3.8, 4) is 6.07 Å². The molecule has 0 atom stereocenters. The molecule has 2 heterocycles. The summed E-state index contributed by atoms with van der Waals surface area (Å²) in [6, 6.07) is 9.37. The van der Waals surface area contributed by atoms with Gasteiger partial charge < -0.3 is 15.1 Å². The third kappa shape index (κ3) is 4.86. The van der Waals surface area contributed by atoms with E-state index in [0.29, 0.717) is 28.2 Å². The number of amides is 2. The first-order valence-electron chi connectivity index (χ1n) is 9.90. The maximum atomic E-state index is 13.2. The van der Waals surface area contributed by atoms with Crippen molar-refractivity contribution in [2.45, 2.75) is 25.8 Å². The van der Waals surface area contributed by atoms with Gasteiger partial charge in [0.25, 0.3) is 11.8 Å². The van der Waals surface area contributed by atoms with Crippen LogP contribution in [0.15, 0.2) is 34.6 Å². The Bertz CT molecular complexity index is 986. The summed E-state index contributed by atoms with van der Waals surface area (Å²) in [6.45, 7) is 2.15. The van der Waals surface area contributed by atoms with Gasteiger partial charge in [0.15, 0.2) is 0 Å². The molecule has 0 saturated carbocycles. The first-order valence-corrected chi connectivity index (χ1v) is 10.8. The Morgan fingerprint density at radius 1 is 1.30 bits per heavy atom. The van der Waals surface area contributed by atoms with Gasteiger partial charge in [-0.05, 0) is 30.9 Å². The van der Waals surface area contributed by atoms with Crippen LogP contribution in [0.25, 0.3) is 0 Å². The van der Waals surface area contributed by atoms with Crippen LogP contribution in [0.5, 0.6) is 0 Å². The molecule has 8 heteroatoms. The van der Waals surface area contributed by atoms with E-state index in [9.17, 15) is 14.9 Å². The number of nitrogens with zero attached hydrogens (tertiary/aromatic N) is 4. The average Bonchev–Trinajstić information content (AvgIpc) is 3.21. The predicted molar refractivity (Wildman–Crippen MR) is 118 cm³/mol. The summed E-state index contributed by atoms with van der Waals surface area (Å²) < 4.78 is 0. The number of nitriles is 1. The summed E-state index contributed by atoms with van der Waals surface area (Å²) in [4.78, 5) is 34.1. The van der Waals surface area contributed by atoms with Crippen LogP contribution in [0.1, 0.15) is 50.4 Å². The molecule has 0 bridgehead atoms. The van der Waals surface area contributed by atoms with Crippen LogP contribution < -0.4 is 5.32 Å². The fraction of sp³-hybridized carbons (Fsp3) is 0.364. The molecule has 1 aromatic carbocycles. The van der Waals surface area contributed by atoms with Crippen LogP contribution in [0.4, 0.5) is 5.69 Å². The van der Waals surface area contributed by atoms with Gasteiger partial charge in [-0.2, -0.15) is 5.26 Å². The van der Waals surface area contributed by atoms with Crippen molar-refractivity contribution in [1.82, 2.24) is 15.1 Å². The second-order valence-electron chi connectivity index (χ2n) is 7.18. The first kappa shape index (κ1) is 21.5. The zero-order valence-corrected chi connectivity index (χ0v) is 18.0. The molecule has 0 unspecified atom stereocenters. The maximum Gasteiger partial charge on any atom is 0.266 e. The summed E-state index contributed by atoms with van der Waals surface area (Å²) in [5.41, 5.74) is 2.11. The molecule has 0 aliphatic carbocycles. The minimum atomic E-state index is -0.270. The number of hydrogen-bond acceptors (Lipinski definition) is 5. The zero-order chi connectivity index (χ0) is 21.5. The largest absolute Gasteiger partial charge is 0.363 e. The zero-order valence-electron chi connectivity index (χ0n) is 17.2. The minimum Gasteiger partial charge on any atom is -0.363 e. The molecule has 1 aromatic heterocycles. The van der Waals surface area contributed by atoms with E-state index in [-0.39, 0.29) is 11.8 Å². The highest BCUT2D eigenvalue weighted by atomic mass is 32.1. The van der Waals surface area contributed by atoms with Crippen LogP contribution in [-0.2, 0) is 6.54 Å². The van der Waals surface area contributed by atoms with Crippen molar-refractivity contribution in [2.24, 2.45) is 4.99 Å². The fourth-order valence-electron chi connectivity index (χ4n) is 3.37. The van der Waals surface area contributed by atoms with E-state index in [2.05, 4.69) is 21.3 Å². The number of likely N-dealkylation sites (tertiary alicyclic amines) is 1. The number of rotatable bonds is 6. The number of nitrogens with one attached hydrogen (secondary N) is 1. The lowest BCUT2D eigenvalue weighted by Gasteiger charge is -2.24. The molecule has 1 saturated heterocycles. The number of carbonyl (C=O) groups excluding carboxylic acids is 2. The SMILES string of the molecule is CNC(=O)c1csc(C(=O)N(C)Cc2ccccc2C#N)c1N=CN1CCCCC1. The van der Waals surface area contributed by atoms with Gasteiger partial charge >= 0.3 is 0 Å². The van der Waals surface area contributed by atoms with Gasteiger partial charge in [-0.25, -0.2) is 4.99 Å². The Balaban J connectivity index is 1.87. The summed E-state index contributed by atoms with van der Waals surface area (Å²) in [5.74, 6) is -0.498. The van der Waals surface area contributed by atoms with Crippen molar-refractivity contribution in [3.05, 3.63) is 51.2 Å². The smallest absolute Gasteiger partial charge is 0.266 e. The third-order valence-electron chi connectivity index (χ3n) is 5.06. The second kappa shape index (κ2) is 10.0. The number of piperidine rings is 1. The van der Waals surface area contributed by atoms with Gasteiger partial charge in [0, 0.05) is 39.1 Å². The van der Waals surface area contributed by atoms with Crippen LogP contribution >= 0.6 is 11.3 Å². The number of carbonyl (C=O) groups is 2. The molecule has 1 fully saturated rings. The quantitative estimate of drug-likeness (QED) is 0.570. The van der Waals surface area contributed by atoms with E-state index in [1.165, 1.54) is 17.8 Å². The highest BCUT2D eigenvalue weighted by Crippen LogP contribution is 2.32. The molecule has 0 radical (unpaired) electrons. The molecule has 156 valence electrons. The van der Waals surface area contributed by atoms with Crippen molar-refractivity contribution < 1.29 is 9.59 Å². The molecule has 0 spiro atoms. The van der Waals surface area contributed by atoms with Crippen molar-refractivity contribution in [3.63, 3.8) is 0 Å². The Labute approximate surface area is 180 Å². The van der Waals surface area contributed by atoms with Crippen LogP contribution in [0.2, 0.25) is 0 Å². The van der Waals surface area contributed by atoms with Gasteiger partial charge in [0.1, 0.15) is 10.6 Å². The molecule has 1 aliphatic rings. The lowest BCUT2D eigenvalue weighted by atomic mass is 10.1. The Hall–Kier alpha value is -3.18. The summed E-state index contributed by atoms with van der Waals surface area (Å²) in [6.07, 6.45) is 5.19. The van der Waals surface area contributed by atoms with Gasteiger partial charge in [0.05, 0.1) is 23.5 Å². The number of aliphatic imine (C=N–C) groups is 1. The molecule has 3 rings (SSSR count).